The standard InChI is InChI=1S/C10H16F3N/c11-10(12,13)8-5-2-6-14-9(8)7-3-1-4-7/h7-9,14H,1-6H2. The van der Waals surface area contributed by atoms with E-state index in [-0.39, 0.29) is 12.0 Å². The average Bonchev–Trinajstić information content (AvgIpc) is 2.00. The lowest BCUT2D eigenvalue weighted by Crippen LogP contribution is -2.53. The summed E-state index contributed by atoms with van der Waals surface area (Å²) >= 11 is 0. The van der Waals surface area contributed by atoms with Gasteiger partial charge in [0.2, 0.25) is 0 Å². The van der Waals surface area contributed by atoms with Gasteiger partial charge in [-0.05, 0) is 38.1 Å². The Kier molecular flexibility index (Phi) is 2.73. The zero-order valence-corrected chi connectivity index (χ0v) is 8.11. The Morgan fingerprint density at radius 1 is 1.00 bits per heavy atom. The van der Waals surface area contributed by atoms with Crippen molar-refractivity contribution >= 4 is 0 Å². The number of rotatable bonds is 1. The van der Waals surface area contributed by atoms with E-state index in [1.54, 1.807) is 0 Å². The molecule has 0 aromatic rings. The van der Waals surface area contributed by atoms with E-state index in [9.17, 15) is 13.2 Å². The van der Waals surface area contributed by atoms with Crippen molar-refractivity contribution in [3.05, 3.63) is 0 Å². The van der Waals surface area contributed by atoms with Crippen molar-refractivity contribution in [2.75, 3.05) is 6.54 Å². The number of hydrogen-bond donors (Lipinski definition) is 1. The molecule has 2 atom stereocenters. The van der Waals surface area contributed by atoms with Crippen molar-refractivity contribution < 1.29 is 13.2 Å². The maximum Gasteiger partial charge on any atom is 0.393 e. The van der Waals surface area contributed by atoms with Gasteiger partial charge in [-0.25, -0.2) is 0 Å². The molecule has 2 fully saturated rings. The Morgan fingerprint density at radius 2 is 1.71 bits per heavy atom. The SMILES string of the molecule is FC(F)(F)C1CCCNC1C1CCC1. The fourth-order valence-corrected chi connectivity index (χ4v) is 2.57. The molecule has 2 aliphatic rings. The molecule has 1 saturated heterocycles. The molecule has 0 aromatic carbocycles. The highest BCUT2D eigenvalue weighted by Crippen LogP contribution is 2.42. The van der Waals surface area contributed by atoms with E-state index in [2.05, 4.69) is 5.32 Å². The van der Waals surface area contributed by atoms with Crippen LogP contribution < -0.4 is 5.32 Å². The van der Waals surface area contributed by atoms with Crippen LogP contribution in [0.3, 0.4) is 0 Å². The van der Waals surface area contributed by atoms with Crippen LogP contribution in [0.2, 0.25) is 0 Å². The van der Waals surface area contributed by atoms with Crippen LogP contribution >= 0.6 is 0 Å². The number of piperidine rings is 1. The van der Waals surface area contributed by atoms with Crippen LogP contribution in [0.25, 0.3) is 0 Å². The molecule has 0 aromatic heterocycles. The molecule has 0 radical (unpaired) electrons. The smallest absolute Gasteiger partial charge is 0.313 e. The fourth-order valence-electron chi connectivity index (χ4n) is 2.57. The minimum atomic E-state index is -4.01. The molecule has 1 aliphatic carbocycles. The van der Waals surface area contributed by atoms with Crippen molar-refractivity contribution in [3.8, 4) is 0 Å². The first-order valence-electron chi connectivity index (χ1n) is 5.39. The molecule has 1 N–H and O–H groups in total. The van der Waals surface area contributed by atoms with Gasteiger partial charge in [0.1, 0.15) is 0 Å². The number of hydrogen-bond acceptors (Lipinski definition) is 1. The van der Waals surface area contributed by atoms with Gasteiger partial charge in [0, 0.05) is 6.04 Å². The maximum absolute atomic E-state index is 12.7. The Hall–Kier alpha value is -0.250. The van der Waals surface area contributed by atoms with Gasteiger partial charge in [0.25, 0.3) is 0 Å². The molecule has 82 valence electrons. The normalized spacial score (nSPS) is 35.4. The number of nitrogens with one attached hydrogen (secondary N) is 1. The predicted molar refractivity (Wildman–Crippen MR) is 47.9 cm³/mol. The maximum atomic E-state index is 12.7. The van der Waals surface area contributed by atoms with Gasteiger partial charge in [-0.1, -0.05) is 6.42 Å². The molecule has 0 spiro atoms. The molecular formula is C10H16F3N. The molecule has 1 saturated carbocycles. The summed E-state index contributed by atoms with van der Waals surface area (Å²) in [6.45, 7) is 0.758. The Morgan fingerprint density at radius 3 is 2.21 bits per heavy atom. The number of alkyl halides is 3. The van der Waals surface area contributed by atoms with E-state index < -0.39 is 12.1 Å². The Balaban J connectivity index is 2.03. The minimum absolute atomic E-state index is 0.280. The summed E-state index contributed by atoms with van der Waals surface area (Å²) in [7, 11) is 0. The summed E-state index contributed by atoms with van der Waals surface area (Å²) in [5.74, 6) is -0.816. The Bertz CT molecular complexity index is 198. The summed E-state index contributed by atoms with van der Waals surface area (Å²) in [5.41, 5.74) is 0. The van der Waals surface area contributed by atoms with Crippen LogP contribution in [-0.2, 0) is 0 Å². The molecule has 2 rings (SSSR count). The lowest BCUT2D eigenvalue weighted by molar-refractivity contribution is -0.194. The van der Waals surface area contributed by atoms with Gasteiger partial charge < -0.3 is 5.32 Å². The molecule has 1 aliphatic heterocycles. The monoisotopic (exact) mass is 207 g/mol. The van der Waals surface area contributed by atoms with Crippen LogP contribution in [0, 0.1) is 11.8 Å². The van der Waals surface area contributed by atoms with E-state index in [0.717, 1.165) is 25.8 Å². The lowest BCUT2D eigenvalue weighted by atomic mass is 9.72. The highest BCUT2D eigenvalue weighted by atomic mass is 19.4. The van der Waals surface area contributed by atoms with Crippen LogP contribution in [0.5, 0.6) is 0 Å². The second-order valence-electron chi connectivity index (χ2n) is 4.46. The van der Waals surface area contributed by atoms with Gasteiger partial charge in [-0.2, -0.15) is 13.2 Å². The molecule has 2 unspecified atom stereocenters. The summed E-state index contributed by atoms with van der Waals surface area (Å²) in [5, 5.41) is 3.06. The van der Waals surface area contributed by atoms with Gasteiger partial charge in [-0.3, -0.25) is 0 Å². The molecule has 14 heavy (non-hydrogen) atoms. The van der Waals surface area contributed by atoms with Crippen molar-refractivity contribution in [1.29, 1.82) is 0 Å². The first-order chi connectivity index (χ1) is 6.59. The van der Waals surface area contributed by atoms with Crippen molar-refractivity contribution in [2.45, 2.75) is 44.3 Å². The van der Waals surface area contributed by atoms with Crippen molar-refractivity contribution in [2.24, 2.45) is 11.8 Å². The fraction of sp³-hybridized carbons (Fsp3) is 1.00. The van der Waals surface area contributed by atoms with Crippen molar-refractivity contribution in [1.82, 2.24) is 5.32 Å². The van der Waals surface area contributed by atoms with Crippen molar-refractivity contribution in [3.63, 3.8) is 0 Å². The largest absolute Gasteiger partial charge is 0.393 e. The molecular weight excluding hydrogens is 191 g/mol. The topological polar surface area (TPSA) is 12.0 Å². The number of halogens is 3. The van der Waals surface area contributed by atoms with Gasteiger partial charge >= 0.3 is 6.18 Å². The third-order valence-corrected chi connectivity index (χ3v) is 3.58. The highest BCUT2D eigenvalue weighted by Gasteiger charge is 2.48. The van der Waals surface area contributed by atoms with Gasteiger partial charge in [0.15, 0.2) is 0 Å². The van der Waals surface area contributed by atoms with Crippen LogP contribution in [0.4, 0.5) is 13.2 Å². The predicted octanol–water partition coefficient (Wildman–Crippen LogP) is 2.72. The lowest BCUT2D eigenvalue weighted by Gasteiger charge is -2.42. The van der Waals surface area contributed by atoms with E-state index in [0.29, 0.717) is 12.8 Å². The summed E-state index contributed by atoms with van der Waals surface area (Å²) < 4.78 is 38.0. The summed E-state index contributed by atoms with van der Waals surface area (Å²) in [4.78, 5) is 0. The quantitative estimate of drug-likeness (QED) is 0.697. The molecule has 4 heteroatoms. The molecule has 0 amide bonds. The van der Waals surface area contributed by atoms with Gasteiger partial charge in [0.05, 0.1) is 5.92 Å². The van der Waals surface area contributed by atoms with Crippen LogP contribution in [-0.4, -0.2) is 18.8 Å². The highest BCUT2D eigenvalue weighted by molar-refractivity contribution is 4.93. The third-order valence-electron chi connectivity index (χ3n) is 3.58. The minimum Gasteiger partial charge on any atom is -0.313 e. The average molecular weight is 207 g/mol. The Labute approximate surface area is 82.1 Å². The second kappa shape index (κ2) is 3.72. The van der Waals surface area contributed by atoms with Crippen LogP contribution in [0.15, 0.2) is 0 Å². The molecule has 1 nitrogen and oxygen atoms in total. The zero-order valence-electron chi connectivity index (χ0n) is 8.11. The summed E-state index contributed by atoms with van der Waals surface area (Å²) in [6, 6.07) is -0.294. The van der Waals surface area contributed by atoms with E-state index in [1.807, 2.05) is 0 Å². The van der Waals surface area contributed by atoms with E-state index in [1.165, 1.54) is 0 Å². The first-order valence-corrected chi connectivity index (χ1v) is 5.39. The summed E-state index contributed by atoms with van der Waals surface area (Å²) in [6.07, 6.45) is 0.0284. The van der Waals surface area contributed by atoms with Crippen LogP contribution in [0.1, 0.15) is 32.1 Å². The van der Waals surface area contributed by atoms with E-state index in [4.69, 9.17) is 0 Å². The van der Waals surface area contributed by atoms with Gasteiger partial charge in [-0.15, -0.1) is 0 Å². The molecule has 0 bridgehead atoms. The first kappa shape index (κ1) is 10.3. The van der Waals surface area contributed by atoms with E-state index >= 15 is 0 Å². The third kappa shape index (κ3) is 1.90. The zero-order chi connectivity index (χ0) is 10.2. The molecule has 1 heterocycles. The second-order valence-corrected chi connectivity index (χ2v) is 4.46.